The maximum Gasteiger partial charge on any atom is 0.407 e. The second kappa shape index (κ2) is 8.86. The molecule has 152 valence electrons. The number of aromatic nitrogens is 1. The number of aromatic amines is 1. The van der Waals surface area contributed by atoms with Crippen molar-refractivity contribution in [2.45, 2.75) is 39.7 Å². The van der Waals surface area contributed by atoms with Crippen molar-refractivity contribution >= 4 is 12.1 Å². The highest BCUT2D eigenvalue weighted by Crippen LogP contribution is 2.28. The Kier molecular flexibility index (Phi) is 6.77. The SMILES string of the molecule is CCOC(=O)c1cc(-c2c(F)cccc2F)[nH]c1CCNC(=O)OC(C)(C)C. The van der Waals surface area contributed by atoms with Gasteiger partial charge in [0.05, 0.1) is 23.4 Å². The molecule has 1 heterocycles. The molecule has 2 N–H and O–H groups in total. The normalized spacial score (nSPS) is 11.2. The first-order valence-corrected chi connectivity index (χ1v) is 8.92. The van der Waals surface area contributed by atoms with E-state index in [2.05, 4.69) is 10.3 Å². The van der Waals surface area contributed by atoms with Crippen molar-refractivity contribution in [3.8, 4) is 11.3 Å². The molecule has 8 heteroatoms. The first kappa shape index (κ1) is 21.4. The molecule has 2 rings (SSSR count). The molecule has 0 aliphatic heterocycles. The van der Waals surface area contributed by atoms with Crippen molar-refractivity contribution < 1.29 is 27.8 Å². The lowest BCUT2D eigenvalue weighted by Gasteiger charge is -2.19. The number of hydrogen-bond acceptors (Lipinski definition) is 4. The number of nitrogens with one attached hydrogen (secondary N) is 2. The lowest BCUT2D eigenvalue weighted by atomic mass is 10.1. The molecule has 0 aliphatic rings. The summed E-state index contributed by atoms with van der Waals surface area (Å²) < 4.78 is 38.3. The summed E-state index contributed by atoms with van der Waals surface area (Å²) in [7, 11) is 0. The number of ether oxygens (including phenoxy) is 2. The number of benzene rings is 1. The van der Waals surface area contributed by atoms with E-state index in [1.165, 1.54) is 12.1 Å². The van der Waals surface area contributed by atoms with E-state index in [4.69, 9.17) is 9.47 Å². The third kappa shape index (κ3) is 5.55. The van der Waals surface area contributed by atoms with Crippen LogP contribution in [-0.4, -0.2) is 35.8 Å². The van der Waals surface area contributed by atoms with Crippen molar-refractivity contribution in [3.63, 3.8) is 0 Å². The van der Waals surface area contributed by atoms with Crippen LogP contribution < -0.4 is 5.32 Å². The lowest BCUT2D eigenvalue weighted by molar-refractivity contribution is 0.0521. The number of esters is 1. The van der Waals surface area contributed by atoms with E-state index in [1.807, 2.05) is 0 Å². The van der Waals surface area contributed by atoms with Crippen LogP contribution in [0.25, 0.3) is 11.3 Å². The predicted molar refractivity (Wildman–Crippen MR) is 100 cm³/mol. The van der Waals surface area contributed by atoms with Gasteiger partial charge in [-0.25, -0.2) is 18.4 Å². The number of hydrogen-bond donors (Lipinski definition) is 2. The van der Waals surface area contributed by atoms with Gasteiger partial charge in [-0.3, -0.25) is 0 Å². The van der Waals surface area contributed by atoms with Crippen LogP contribution in [0.5, 0.6) is 0 Å². The van der Waals surface area contributed by atoms with E-state index >= 15 is 0 Å². The van der Waals surface area contributed by atoms with Gasteiger partial charge < -0.3 is 19.8 Å². The zero-order valence-corrected chi connectivity index (χ0v) is 16.3. The van der Waals surface area contributed by atoms with E-state index in [-0.39, 0.29) is 36.4 Å². The summed E-state index contributed by atoms with van der Waals surface area (Å²) in [5.74, 6) is -2.13. The average Bonchev–Trinajstić information content (AvgIpc) is 2.97. The maximum absolute atomic E-state index is 14.1. The Hall–Kier alpha value is -2.90. The fourth-order valence-electron chi connectivity index (χ4n) is 2.58. The fraction of sp³-hybridized carbons (Fsp3) is 0.400. The van der Waals surface area contributed by atoms with E-state index in [0.717, 1.165) is 12.1 Å². The van der Waals surface area contributed by atoms with Crippen LogP contribution in [0, 0.1) is 11.6 Å². The standard InChI is InChI=1S/C20H24F2N2O4/c1-5-27-18(25)12-11-16(17-13(21)7-6-8-14(17)22)24-15(12)9-10-23-19(26)28-20(2,3)4/h6-8,11,24H,5,9-10H2,1-4H3,(H,23,26). The van der Waals surface area contributed by atoms with Crippen molar-refractivity contribution in [1.82, 2.24) is 10.3 Å². The van der Waals surface area contributed by atoms with Crippen LogP contribution in [0.3, 0.4) is 0 Å². The van der Waals surface area contributed by atoms with Gasteiger partial charge in [0.1, 0.15) is 17.2 Å². The topological polar surface area (TPSA) is 80.4 Å². The summed E-state index contributed by atoms with van der Waals surface area (Å²) in [6.07, 6.45) is -0.388. The van der Waals surface area contributed by atoms with Crippen molar-refractivity contribution in [1.29, 1.82) is 0 Å². The highest BCUT2D eigenvalue weighted by molar-refractivity contribution is 5.92. The number of carbonyl (C=O) groups excluding carboxylic acids is 2. The molecule has 1 aromatic carbocycles. The van der Waals surface area contributed by atoms with Gasteiger partial charge in [-0.2, -0.15) is 0 Å². The zero-order valence-electron chi connectivity index (χ0n) is 16.3. The van der Waals surface area contributed by atoms with Gasteiger partial charge in [-0.05, 0) is 45.9 Å². The number of carbonyl (C=O) groups is 2. The molecular weight excluding hydrogens is 370 g/mol. The van der Waals surface area contributed by atoms with Crippen LogP contribution in [0.1, 0.15) is 43.7 Å². The molecular formula is C20H24F2N2O4. The predicted octanol–water partition coefficient (Wildman–Crippen LogP) is 4.20. The first-order valence-electron chi connectivity index (χ1n) is 8.92. The largest absolute Gasteiger partial charge is 0.462 e. The molecule has 0 saturated heterocycles. The molecule has 28 heavy (non-hydrogen) atoms. The van der Waals surface area contributed by atoms with E-state index in [9.17, 15) is 18.4 Å². The van der Waals surface area contributed by atoms with Crippen LogP contribution in [0.2, 0.25) is 0 Å². The van der Waals surface area contributed by atoms with E-state index in [0.29, 0.717) is 5.69 Å². The van der Waals surface area contributed by atoms with Crippen LogP contribution in [-0.2, 0) is 15.9 Å². The summed E-state index contributed by atoms with van der Waals surface area (Å²) in [5, 5.41) is 2.58. The molecule has 0 saturated carbocycles. The number of H-pyrrole nitrogens is 1. The Morgan fingerprint density at radius 3 is 2.39 bits per heavy atom. The molecule has 0 aliphatic carbocycles. The Balaban J connectivity index is 2.23. The van der Waals surface area contributed by atoms with Gasteiger partial charge in [-0.15, -0.1) is 0 Å². The summed E-state index contributed by atoms with van der Waals surface area (Å²) in [5.41, 5.74) is -0.231. The minimum Gasteiger partial charge on any atom is -0.462 e. The number of alkyl carbamates (subject to hydrolysis) is 1. The van der Waals surface area contributed by atoms with Crippen LogP contribution in [0.15, 0.2) is 24.3 Å². The molecule has 0 atom stereocenters. The van der Waals surface area contributed by atoms with Gasteiger partial charge >= 0.3 is 12.1 Å². The Bertz CT molecular complexity index is 836. The summed E-state index contributed by atoms with van der Waals surface area (Å²) in [6.45, 7) is 7.19. The second-order valence-electron chi connectivity index (χ2n) is 7.07. The molecule has 0 spiro atoms. The number of amides is 1. The van der Waals surface area contributed by atoms with Crippen LogP contribution >= 0.6 is 0 Å². The minimum absolute atomic E-state index is 0.117. The molecule has 1 amide bonds. The van der Waals surface area contributed by atoms with Gasteiger partial charge in [0.25, 0.3) is 0 Å². The van der Waals surface area contributed by atoms with E-state index in [1.54, 1.807) is 27.7 Å². The van der Waals surface area contributed by atoms with Crippen molar-refractivity contribution in [2.24, 2.45) is 0 Å². The number of halogens is 2. The molecule has 0 radical (unpaired) electrons. The molecule has 0 bridgehead atoms. The first-order chi connectivity index (χ1) is 13.1. The van der Waals surface area contributed by atoms with Gasteiger partial charge in [0, 0.05) is 18.7 Å². The van der Waals surface area contributed by atoms with Gasteiger partial charge in [0.15, 0.2) is 0 Å². The molecule has 0 fully saturated rings. The van der Waals surface area contributed by atoms with E-state index < -0.39 is 29.3 Å². The third-order valence-electron chi connectivity index (χ3n) is 3.67. The van der Waals surface area contributed by atoms with Crippen molar-refractivity contribution in [3.05, 3.63) is 47.2 Å². The van der Waals surface area contributed by atoms with Gasteiger partial charge in [-0.1, -0.05) is 6.07 Å². The average molecular weight is 394 g/mol. The smallest absolute Gasteiger partial charge is 0.407 e. The summed E-state index contributed by atoms with van der Waals surface area (Å²) in [6, 6.07) is 4.87. The molecule has 0 unspecified atom stereocenters. The van der Waals surface area contributed by atoms with Crippen LogP contribution in [0.4, 0.5) is 13.6 Å². The molecule has 2 aromatic rings. The quantitative estimate of drug-likeness (QED) is 0.720. The Labute approximate surface area is 162 Å². The molecule has 6 nitrogen and oxygen atoms in total. The zero-order chi connectivity index (χ0) is 20.9. The fourth-order valence-corrected chi connectivity index (χ4v) is 2.58. The monoisotopic (exact) mass is 394 g/mol. The highest BCUT2D eigenvalue weighted by Gasteiger charge is 2.21. The van der Waals surface area contributed by atoms with Crippen molar-refractivity contribution in [2.75, 3.05) is 13.2 Å². The third-order valence-corrected chi connectivity index (χ3v) is 3.67. The lowest BCUT2D eigenvalue weighted by Crippen LogP contribution is -2.33. The maximum atomic E-state index is 14.1. The number of rotatable bonds is 6. The minimum atomic E-state index is -0.755. The summed E-state index contributed by atoms with van der Waals surface area (Å²) in [4.78, 5) is 26.8. The second-order valence-corrected chi connectivity index (χ2v) is 7.07. The van der Waals surface area contributed by atoms with Gasteiger partial charge in [0.2, 0.25) is 0 Å². The molecule has 1 aromatic heterocycles. The highest BCUT2D eigenvalue weighted by atomic mass is 19.1. The Morgan fingerprint density at radius 1 is 1.18 bits per heavy atom. The summed E-state index contributed by atoms with van der Waals surface area (Å²) >= 11 is 0. The Morgan fingerprint density at radius 2 is 1.82 bits per heavy atom.